The summed E-state index contributed by atoms with van der Waals surface area (Å²) in [5, 5.41) is 0. The number of benzene rings is 1. The lowest BCUT2D eigenvalue weighted by Gasteiger charge is -2.19. The van der Waals surface area contributed by atoms with Crippen molar-refractivity contribution in [3.05, 3.63) is 23.8 Å². The predicted molar refractivity (Wildman–Crippen MR) is 76.4 cm³/mol. The van der Waals surface area contributed by atoms with Crippen molar-refractivity contribution < 1.29 is 19.1 Å². The summed E-state index contributed by atoms with van der Waals surface area (Å²) in [6, 6.07) is 4.88. The summed E-state index contributed by atoms with van der Waals surface area (Å²) < 4.78 is 10.9. The second-order valence-electron chi connectivity index (χ2n) is 4.11. The van der Waals surface area contributed by atoms with Crippen LogP contribution >= 0.6 is 0 Å². The second kappa shape index (κ2) is 8.19. The number of likely N-dealkylation sites (N-methyl/N-ethyl adjacent to an activating group) is 1. The zero-order chi connectivity index (χ0) is 15.0. The maximum Gasteiger partial charge on any atom is 0.260 e. The van der Waals surface area contributed by atoms with Crippen molar-refractivity contribution in [3.8, 4) is 11.5 Å². The third-order valence-electron chi connectivity index (χ3n) is 2.87. The second-order valence-corrected chi connectivity index (χ2v) is 4.11. The van der Waals surface area contributed by atoms with Crippen molar-refractivity contribution >= 4 is 12.2 Å². The molecule has 0 spiro atoms. The van der Waals surface area contributed by atoms with Crippen LogP contribution in [0, 0.1) is 0 Å². The van der Waals surface area contributed by atoms with Crippen LogP contribution in [-0.4, -0.2) is 43.4 Å². The number of hydrogen-bond acceptors (Lipinski definition) is 4. The van der Waals surface area contributed by atoms with Gasteiger partial charge in [0.25, 0.3) is 5.91 Å². The van der Waals surface area contributed by atoms with Crippen LogP contribution in [0.1, 0.15) is 31.1 Å². The molecule has 0 saturated heterocycles. The average molecular weight is 279 g/mol. The lowest BCUT2D eigenvalue weighted by Crippen LogP contribution is -2.34. The van der Waals surface area contributed by atoms with E-state index in [2.05, 4.69) is 0 Å². The Morgan fingerprint density at radius 1 is 1.15 bits per heavy atom. The first-order valence-electron chi connectivity index (χ1n) is 6.78. The fraction of sp³-hybridized carbons (Fsp3) is 0.467. The van der Waals surface area contributed by atoms with E-state index in [4.69, 9.17) is 9.47 Å². The van der Waals surface area contributed by atoms with Crippen molar-refractivity contribution in [3.63, 3.8) is 0 Å². The maximum absolute atomic E-state index is 11.9. The van der Waals surface area contributed by atoms with E-state index in [0.717, 1.165) is 6.29 Å². The number of carbonyl (C=O) groups excluding carboxylic acids is 2. The minimum Gasteiger partial charge on any atom is -0.490 e. The Labute approximate surface area is 119 Å². The molecule has 0 aromatic heterocycles. The van der Waals surface area contributed by atoms with Gasteiger partial charge in [-0.3, -0.25) is 9.59 Å². The first-order chi connectivity index (χ1) is 9.65. The van der Waals surface area contributed by atoms with Gasteiger partial charge in [-0.2, -0.15) is 0 Å². The predicted octanol–water partition coefficient (Wildman–Crippen LogP) is 2.14. The van der Waals surface area contributed by atoms with Gasteiger partial charge in [-0.15, -0.1) is 0 Å². The molecule has 0 saturated carbocycles. The molecule has 0 aliphatic rings. The third kappa shape index (κ3) is 4.26. The lowest BCUT2D eigenvalue weighted by molar-refractivity contribution is -0.132. The van der Waals surface area contributed by atoms with Crippen molar-refractivity contribution in [2.75, 3.05) is 26.3 Å². The summed E-state index contributed by atoms with van der Waals surface area (Å²) in [6.45, 7) is 7.42. The van der Waals surface area contributed by atoms with Gasteiger partial charge in [0.2, 0.25) is 0 Å². The number of carbonyl (C=O) groups is 2. The first-order valence-corrected chi connectivity index (χ1v) is 6.78. The van der Waals surface area contributed by atoms with E-state index in [9.17, 15) is 9.59 Å². The van der Waals surface area contributed by atoms with Gasteiger partial charge < -0.3 is 14.4 Å². The Balaban J connectivity index is 2.76. The van der Waals surface area contributed by atoms with E-state index in [1.165, 1.54) is 0 Å². The van der Waals surface area contributed by atoms with Crippen molar-refractivity contribution in [2.24, 2.45) is 0 Å². The monoisotopic (exact) mass is 279 g/mol. The highest BCUT2D eigenvalue weighted by atomic mass is 16.5. The van der Waals surface area contributed by atoms with Crippen molar-refractivity contribution in [1.29, 1.82) is 0 Å². The van der Waals surface area contributed by atoms with Gasteiger partial charge in [0.15, 0.2) is 18.1 Å². The number of ether oxygens (including phenoxy) is 2. The maximum atomic E-state index is 11.9. The van der Waals surface area contributed by atoms with Gasteiger partial charge in [-0.05, 0) is 39.0 Å². The van der Waals surface area contributed by atoms with E-state index in [1.54, 1.807) is 23.1 Å². The summed E-state index contributed by atoms with van der Waals surface area (Å²) in [7, 11) is 0. The number of aldehydes is 1. The fourth-order valence-corrected chi connectivity index (χ4v) is 1.79. The summed E-state index contributed by atoms with van der Waals surface area (Å²) in [6.07, 6.45) is 0.743. The van der Waals surface area contributed by atoms with Crippen molar-refractivity contribution in [2.45, 2.75) is 20.8 Å². The zero-order valence-corrected chi connectivity index (χ0v) is 12.2. The summed E-state index contributed by atoms with van der Waals surface area (Å²) in [5.41, 5.74) is 0.510. The number of amides is 1. The van der Waals surface area contributed by atoms with E-state index in [-0.39, 0.29) is 12.5 Å². The highest BCUT2D eigenvalue weighted by Gasteiger charge is 2.12. The van der Waals surface area contributed by atoms with Gasteiger partial charge >= 0.3 is 0 Å². The highest BCUT2D eigenvalue weighted by molar-refractivity contribution is 5.78. The molecule has 0 N–H and O–H groups in total. The smallest absolute Gasteiger partial charge is 0.260 e. The van der Waals surface area contributed by atoms with Crippen LogP contribution in [-0.2, 0) is 4.79 Å². The summed E-state index contributed by atoms with van der Waals surface area (Å²) in [5.74, 6) is 0.874. The molecule has 0 heterocycles. The molecule has 1 aromatic carbocycles. The Morgan fingerprint density at radius 2 is 1.85 bits per heavy atom. The molecule has 0 fully saturated rings. The SMILES string of the molecule is CCOc1cc(C=O)ccc1OCC(=O)N(CC)CC. The molecule has 1 amide bonds. The molecule has 0 bridgehead atoms. The van der Waals surface area contributed by atoms with Crippen LogP contribution in [0.2, 0.25) is 0 Å². The minimum atomic E-state index is -0.0723. The van der Waals surface area contributed by atoms with Gasteiger partial charge in [-0.1, -0.05) is 0 Å². The minimum absolute atomic E-state index is 0.0395. The molecule has 0 atom stereocenters. The largest absolute Gasteiger partial charge is 0.490 e. The molecule has 5 heteroatoms. The molecule has 20 heavy (non-hydrogen) atoms. The standard InChI is InChI=1S/C15H21NO4/c1-4-16(5-2)15(18)11-20-13-8-7-12(10-17)9-14(13)19-6-3/h7-10H,4-6,11H2,1-3H3. The quantitative estimate of drug-likeness (QED) is 0.684. The molecule has 0 unspecified atom stereocenters. The van der Waals surface area contributed by atoms with E-state index < -0.39 is 0 Å². The third-order valence-corrected chi connectivity index (χ3v) is 2.87. The van der Waals surface area contributed by atoms with Crippen LogP contribution in [0.15, 0.2) is 18.2 Å². The average Bonchev–Trinajstić information content (AvgIpc) is 2.47. The molecule has 0 radical (unpaired) electrons. The van der Waals surface area contributed by atoms with E-state index in [1.807, 2.05) is 20.8 Å². The lowest BCUT2D eigenvalue weighted by atomic mass is 10.2. The van der Waals surface area contributed by atoms with Gasteiger partial charge in [0.05, 0.1) is 6.61 Å². The van der Waals surface area contributed by atoms with Crippen LogP contribution in [0.4, 0.5) is 0 Å². The molecular weight excluding hydrogens is 258 g/mol. The molecule has 1 rings (SSSR count). The van der Waals surface area contributed by atoms with Crippen molar-refractivity contribution in [1.82, 2.24) is 4.90 Å². The Morgan fingerprint density at radius 3 is 2.40 bits per heavy atom. The topological polar surface area (TPSA) is 55.8 Å². The summed E-state index contributed by atoms with van der Waals surface area (Å²) >= 11 is 0. The molecule has 110 valence electrons. The Bertz CT molecular complexity index is 455. The van der Waals surface area contributed by atoms with E-state index >= 15 is 0 Å². The molecule has 1 aromatic rings. The fourth-order valence-electron chi connectivity index (χ4n) is 1.79. The van der Waals surface area contributed by atoms with Gasteiger partial charge in [-0.25, -0.2) is 0 Å². The first kappa shape index (κ1) is 16.0. The molecular formula is C15H21NO4. The Hall–Kier alpha value is -2.04. The van der Waals surface area contributed by atoms with Gasteiger partial charge in [0, 0.05) is 18.7 Å². The number of nitrogens with zero attached hydrogens (tertiary/aromatic N) is 1. The number of hydrogen-bond donors (Lipinski definition) is 0. The normalized spacial score (nSPS) is 9.95. The van der Waals surface area contributed by atoms with Gasteiger partial charge in [0.1, 0.15) is 6.29 Å². The highest BCUT2D eigenvalue weighted by Crippen LogP contribution is 2.28. The van der Waals surface area contributed by atoms with Crippen LogP contribution in [0.3, 0.4) is 0 Å². The van der Waals surface area contributed by atoms with Crippen LogP contribution < -0.4 is 9.47 Å². The summed E-state index contributed by atoms with van der Waals surface area (Å²) in [4.78, 5) is 24.3. The van der Waals surface area contributed by atoms with Crippen LogP contribution in [0.25, 0.3) is 0 Å². The zero-order valence-electron chi connectivity index (χ0n) is 12.2. The van der Waals surface area contributed by atoms with Crippen LogP contribution in [0.5, 0.6) is 11.5 Å². The van der Waals surface area contributed by atoms with E-state index in [0.29, 0.717) is 36.8 Å². The molecule has 5 nitrogen and oxygen atoms in total. The molecule has 0 aliphatic carbocycles. The molecule has 0 aliphatic heterocycles. The number of rotatable bonds is 8. The Kier molecular flexibility index (Phi) is 6.56.